The molecule has 2 rings (SSSR count). The third kappa shape index (κ3) is 4.62. The summed E-state index contributed by atoms with van der Waals surface area (Å²) in [6.07, 6.45) is 1.80. The summed E-state index contributed by atoms with van der Waals surface area (Å²) < 4.78 is 11.3. The van der Waals surface area contributed by atoms with Crippen LogP contribution in [-0.4, -0.2) is 19.0 Å². The quantitative estimate of drug-likeness (QED) is 0.538. The summed E-state index contributed by atoms with van der Waals surface area (Å²) >= 11 is 0. The molecule has 0 saturated carbocycles. The zero-order valence-corrected chi connectivity index (χ0v) is 13.2. The van der Waals surface area contributed by atoms with Gasteiger partial charge >= 0.3 is 0 Å². The van der Waals surface area contributed by atoms with Gasteiger partial charge in [-0.05, 0) is 43.2 Å². The SMILES string of the molecule is CCc1ccc(OCCCOc2ccccc2C(C)=O)cc1. The Morgan fingerprint density at radius 3 is 2.32 bits per heavy atom. The van der Waals surface area contributed by atoms with Crippen molar-refractivity contribution < 1.29 is 14.3 Å². The van der Waals surface area contributed by atoms with Crippen molar-refractivity contribution in [3.8, 4) is 11.5 Å². The summed E-state index contributed by atoms with van der Waals surface area (Å²) in [5, 5.41) is 0. The number of carbonyl (C=O) groups is 1. The molecule has 0 aliphatic carbocycles. The van der Waals surface area contributed by atoms with Crippen LogP contribution in [-0.2, 0) is 6.42 Å². The minimum Gasteiger partial charge on any atom is -0.493 e. The molecular weight excluding hydrogens is 276 g/mol. The van der Waals surface area contributed by atoms with Crippen LogP contribution in [0.2, 0.25) is 0 Å². The first-order chi connectivity index (χ1) is 10.7. The molecule has 0 aromatic heterocycles. The fourth-order valence-corrected chi connectivity index (χ4v) is 2.14. The monoisotopic (exact) mass is 298 g/mol. The molecule has 116 valence electrons. The van der Waals surface area contributed by atoms with Crippen molar-refractivity contribution in [2.75, 3.05) is 13.2 Å². The molecule has 0 N–H and O–H groups in total. The average Bonchev–Trinajstić information content (AvgIpc) is 2.55. The first kappa shape index (κ1) is 16.1. The number of ketones is 1. The van der Waals surface area contributed by atoms with E-state index in [-0.39, 0.29) is 5.78 Å². The van der Waals surface area contributed by atoms with E-state index in [0.29, 0.717) is 24.5 Å². The van der Waals surface area contributed by atoms with E-state index in [1.165, 1.54) is 5.56 Å². The largest absolute Gasteiger partial charge is 0.493 e. The van der Waals surface area contributed by atoms with Crippen molar-refractivity contribution >= 4 is 5.78 Å². The number of ether oxygens (including phenoxy) is 2. The van der Waals surface area contributed by atoms with E-state index >= 15 is 0 Å². The highest BCUT2D eigenvalue weighted by molar-refractivity contribution is 5.96. The normalized spacial score (nSPS) is 10.3. The lowest BCUT2D eigenvalue weighted by atomic mass is 10.1. The summed E-state index contributed by atoms with van der Waals surface area (Å²) in [5.41, 5.74) is 1.93. The number of Topliss-reactive ketones (excluding diaryl/α,β-unsaturated/α-hetero) is 1. The van der Waals surface area contributed by atoms with Crippen molar-refractivity contribution in [1.29, 1.82) is 0 Å². The molecule has 0 bridgehead atoms. The Bertz CT molecular complexity index is 602. The van der Waals surface area contributed by atoms with Gasteiger partial charge in [-0.1, -0.05) is 31.2 Å². The van der Waals surface area contributed by atoms with Gasteiger partial charge in [-0.3, -0.25) is 4.79 Å². The highest BCUT2D eigenvalue weighted by Crippen LogP contribution is 2.18. The highest BCUT2D eigenvalue weighted by atomic mass is 16.5. The van der Waals surface area contributed by atoms with Crippen LogP contribution in [0.15, 0.2) is 48.5 Å². The topological polar surface area (TPSA) is 35.5 Å². The van der Waals surface area contributed by atoms with Crippen molar-refractivity contribution in [1.82, 2.24) is 0 Å². The van der Waals surface area contributed by atoms with E-state index in [2.05, 4.69) is 19.1 Å². The minimum absolute atomic E-state index is 0.0165. The van der Waals surface area contributed by atoms with Crippen molar-refractivity contribution in [3.63, 3.8) is 0 Å². The smallest absolute Gasteiger partial charge is 0.163 e. The zero-order valence-electron chi connectivity index (χ0n) is 13.2. The molecule has 0 saturated heterocycles. The lowest BCUT2D eigenvalue weighted by Crippen LogP contribution is -2.07. The molecular formula is C19H22O3. The molecule has 2 aromatic rings. The Morgan fingerprint density at radius 1 is 0.955 bits per heavy atom. The van der Waals surface area contributed by atoms with Crippen molar-refractivity contribution in [2.24, 2.45) is 0 Å². The number of carbonyl (C=O) groups excluding carboxylic acids is 1. The van der Waals surface area contributed by atoms with Crippen molar-refractivity contribution in [3.05, 3.63) is 59.7 Å². The molecule has 0 atom stereocenters. The van der Waals surface area contributed by atoms with Crippen LogP contribution in [0, 0.1) is 0 Å². The van der Waals surface area contributed by atoms with Crippen LogP contribution < -0.4 is 9.47 Å². The average molecular weight is 298 g/mol. The van der Waals surface area contributed by atoms with Gasteiger partial charge in [0, 0.05) is 6.42 Å². The van der Waals surface area contributed by atoms with Gasteiger partial charge in [-0.25, -0.2) is 0 Å². The lowest BCUT2D eigenvalue weighted by molar-refractivity contribution is 0.101. The summed E-state index contributed by atoms with van der Waals surface area (Å²) in [4.78, 5) is 11.5. The van der Waals surface area contributed by atoms with Gasteiger partial charge in [-0.15, -0.1) is 0 Å². The first-order valence-corrected chi connectivity index (χ1v) is 7.65. The molecule has 0 aliphatic heterocycles. The maximum absolute atomic E-state index is 11.5. The van der Waals surface area contributed by atoms with Gasteiger partial charge in [0.1, 0.15) is 11.5 Å². The fourth-order valence-electron chi connectivity index (χ4n) is 2.14. The Kier molecular flexibility index (Phi) is 6.01. The Labute approximate surface area is 131 Å². The number of aryl methyl sites for hydroxylation is 1. The molecule has 0 fully saturated rings. The van der Waals surface area contributed by atoms with Gasteiger partial charge < -0.3 is 9.47 Å². The minimum atomic E-state index is 0.0165. The molecule has 22 heavy (non-hydrogen) atoms. The maximum atomic E-state index is 11.5. The summed E-state index contributed by atoms with van der Waals surface area (Å²) in [6.45, 7) is 4.79. The molecule has 0 unspecified atom stereocenters. The summed E-state index contributed by atoms with van der Waals surface area (Å²) in [7, 11) is 0. The second-order valence-electron chi connectivity index (χ2n) is 5.10. The van der Waals surface area contributed by atoms with Gasteiger partial charge in [0.15, 0.2) is 5.78 Å². The molecule has 0 aliphatic rings. The Hall–Kier alpha value is -2.29. The van der Waals surface area contributed by atoms with Crippen LogP contribution in [0.3, 0.4) is 0 Å². The van der Waals surface area contributed by atoms with E-state index in [1.807, 2.05) is 30.3 Å². The molecule has 0 amide bonds. The Morgan fingerprint density at radius 2 is 1.64 bits per heavy atom. The highest BCUT2D eigenvalue weighted by Gasteiger charge is 2.06. The van der Waals surface area contributed by atoms with E-state index in [1.54, 1.807) is 13.0 Å². The number of hydrogen-bond acceptors (Lipinski definition) is 3. The number of rotatable bonds is 8. The van der Waals surface area contributed by atoms with Crippen LogP contribution >= 0.6 is 0 Å². The van der Waals surface area contributed by atoms with Gasteiger partial charge in [0.2, 0.25) is 0 Å². The van der Waals surface area contributed by atoms with Gasteiger partial charge in [-0.2, -0.15) is 0 Å². The first-order valence-electron chi connectivity index (χ1n) is 7.65. The maximum Gasteiger partial charge on any atom is 0.163 e. The van der Waals surface area contributed by atoms with E-state index < -0.39 is 0 Å². The third-order valence-electron chi connectivity index (χ3n) is 3.41. The molecule has 2 aromatic carbocycles. The lowest BCUT2D eigenvalue weighted by Gasteiger charge is -2.10. The Balaban J connectivity index is 1.74. The number of para-hydroxylation sites is 1. The summed E-state index contributed by atoms with van der Waals surface area (Å²) in [6, 6.07) is 15.4. The zero-order chi connectivity index (χ0) is 15.8. The van der Waals surface area contributed by atoms with E-state index in [0.717, 1.165) is 18.6 Å². The number of hydrogen-bond donors (Lipinski definition) is 0. The predicted molar refractivity (Wildman–Crippen MR) is 87.9 cm³/mol. The van der Waals surface area contributed by atoms with E-state index in [4.69, 9.17) is 9.47 Å². The van der Waals surface area contributed by atoms with Crippen LogP contribution in [0.1, 0.15) is 36.2 Å². The standard InChI is InChI=1S/C19H22O3/c1-3-16-9-11-17(12-10-16)21-13-6-14-22-19-8-5-4-7-18(19)15(2)20/h4-5,7-12H,3,6,13-14H2,1-2H3. The molecule has 0 heterocycles. The molecule has 3 nitrogen and oxygen atoms in total. The third-order valence-corrected chi connectivity index (χ3v) is 3.41. The van der Waals surface area contributed by atoms with Gasteiger partial charge in [0.25, 0.3) is 0 Å². The van der Waals surface area contributed by atoms with Crippen LogP contribution in [0.25, 0.3) is 0 Å². The molecule has 0 spiro atoms. The van der Waals surface area contributed by atoms with Gasteiger partial charge in [0.05, 0.1) is 18.8 Å². The number of benzene rings is 2. The second kappa shape index (κ2) is 8.23. The fraction of sp³-hybridized carbons (Fsp3) is 0.316. The second-order valence-corrected chi connectivity index (χ2v) is 5.10. The van der Waals surface area contributed by atoms with Crippen molar-refractivity contribution in [2.45, 2.75) is 26.7 Å². The summed E-state index contributed by atoms with van der Waals surface area (Å²) in [5.74, 6) is 1.53. The van der Waals surface area contributed by atoms with E-state index in [9.17, 15) is 4.79 Å². The molecule has 0 radical (unpaired) electrons. The predicted octanol–water partition coefficient (Wildman–Crippen LogP) is 4.30. The van der Waals surface area contributed by atoms with Crippen LogP contribution in [0.5, 0.6) is 11.5 Å². The molecule has 3 heteroatoms. The van der Waals surface area contributed by atoms with Crippen LogP contribution in [0.4, 0.5) is 0 Å².